The fourth-order valence-electron chi connectivity index (χ4n) is 3.02. The van der Waals surface area contributed by atoms with Gasteiger partial charge in [0.05, 0.1) is 17.7 Å². The van der Waals surface area contributed by atoms with E-state index in [9.17, 15) is 19.6 Å². The van der Waals surface area contributed by atoms with Gasteiger partial charge in [0, 0.05) is 4.88 Å². The highest BCUT2D eigenvalue weighted by atomic mass is 32.1. The van der Waals surface area contributed by atoms with Gasteiger partial charge in [-0.05, 0) is 62.2 Å². The van der Waals surface area contributed by atoms with Crippen LogP contribution in [-0.2, 0) is 9.53 Å². The largest absolute Gasteiger partial charge is 0.462 e. The summed E-state index contributed by atoms with van der Waals surface area (Å²) in [6.07, 6.45) is 1.41. The van der Waals surface area contributed by atoms with Crippen LogP contribution >= 0.6 is 11.3 Å². The van der Waals surface area contributed by atoms with E-state index in [-0.39, 0.29) is 12.2 Å². The molecule has 0 saturated heterocycles. The number of amides is 1. The Kier molecular flexibility index (Phi) is 7.96. The first-order valence-corrected chi connectivity index (χ1v) is 11.2. The van der Waals surface area contributed by atoms with Crippen LogP contribution < -0.4 is 10.1 Å². The molecule has 0 bridgehead atoms. The first-order valence-electron chi connectivity index (χ1n) is 10.4. The van der Waals surface area contributed by atoms with Gasteiger partial charge in [0.2, 0.25) is 0 Å². The second-order valence-corrected chi connectivity index (χ2v) is 8.38. The summed E-state index contributed by atoms with van der Waals surface area (Å²) >= 11 is 1.25. The molecule has 0 spiro atoms. The summed E-state index contributed by atoms with van der Waals surface area (Å²) in [5, 5.41) is 12.5. The minimum atomic E-state index is -0.645. The van der Waals surface area contributed by atoms with E-state index in [2.05, 4.69) is 5.32 Å². The number of hydrogen-bond acceptors (Lipinski definition) is 7. The van der Waals surface area contributed by atoms with Crippen molar-refractivity contribution < 1.29 is 23.9 Å². The molecule has 8 heteroatoms. The maximum absolute atomic E-state index is 12.8. The van der Waals surface area contributed by atoms with Gasteiger partial charge in [-0.25, -0.2) is 9.59 Å². The molecule has 0 aliphatic rings. The van der Waals surface area contributed by atoms with Crippen LogP contribution in [-0.4, -0.2) is 24.5 Å². The number of carbonyl (C=O) groups excluding carboxylic acids is 3. The molecule has 0 fully saturated rings. The highest BCUT2D eigenvalue weighted by Crippen LogP contribution is 2.33. The van der Waals surface area contributed by atoms with E-state index in [0.29, 0.717) is 27.4 Å². The maximum Gasteiger partial charge on any atom is 0.343 e. The SMILES string of the molecule is CCOC(=O)c1c(NC(=O)C(C#N)=Cc2ccc(OC(=O)c3ccccc3)cc2)sc(C)c1C. The lowest BCUT2D eigenvalue weighted by Gasteiger charge is -2.07. The Bertz CT molecular complexity index is 1290. The van der Waals surface area contributed by atoms with Gasteiger partial charge in [0.1, 0.15) is 22.4 Å². The van der Waals surface area contributed by atoms with Gasteiger partial charge >= 0.3 is 11.9 Å². The van der Waals surface area contributed by atoms with Gasteiger partial charge in [-0.1, -0.05) is 30.3 Å². The highest BCUT2D eigenvalue weighted by Gasteiger charge is 2.23. The van der Waals surface area contributed by atoms with Gasteiger partial charge in [-0.2, -0.15) is 5.26 Å². The van der Waals surface area contributed by atoms with Crippen molar-refractivity contribution in [3.05, 3.63) is 87.3 Å². The van der Waals surface area contributed by atoms with Gasteiger partial charge < -0.3 is 14.8 Å². The Morgan fingerprint density at radius 3 is 2.32 bits per heavy atom. The molecule has 7 nitrogen and oxygen atoms in total. The van der Waals surface area contributed by atoms with Crippen molar-refractivity contribution in [1.29, 1.82) is 5.26 Å². The molecule has 1 amide bonds. The summed E-state index contributed by atoms with van der Waals surface area (Å²) in [6.45, 7) is 5.53. The molecule has 34 heavy (non-hydrogen) atoms. The van der Waals surface area contributed by atoms with Crippen LogP contribution in [0.5, 0.6) is 5.75 Å². The first-order chi connectivity index (χ1) is 16.3. The molecule has 2 aromatic carbocycles. The number of rotatable bonds is 7. The van der Waals surface area contributed by atoms with E-state index in [1.807, 2.05) is 13.0 Å². The van der Waals surface area contributed by atoms with Crippen molar-refractivity contribution in [3.8, 4) is 11.8 Å². The number of benzene rings is 2. The quantitative estimate of drug-likeness (QED) is 0.215. The van der Waals surface area contributed by atoms with Crippen molar-refractivity contribution in [2.45, 2.75) is 20.8 Å². The molecular formula is C26H22N2O5S. The molecule has 172 valence electrons. The smallest absolute Gasteiger partial charge is 0.343 e. The van der Waals surface area contributed by atoms with Gasteiger partial charge in [0.25, 0.3) is 5.91 Å². The average Bonchev–Trinajstić information content (AvgIpc) is 3.11. The molecule has 1 aromatic heterocycles. The van der Waals surface area contributed by atoms with E-state index in [1.165, 1.54) is 17.4 Å². The molecule has 0 radical (unpaired) electrons. The Hall–Kier alpha value is -4.22. The van der Waals surface area contributed by atoms with Crippen LogP contribution in [0.4, 0.5) is 5.00 Å². The Balaban J connectivity index is 1.75. The lowest BCUT2D eigenvalue weighted by atomic mass is 10.1. The number of esters is 2. The number of hydrogen-bond donors (Lipinski definition) is 1. The summed E-state index contributed by atoms with van der Waals surface area (Å²) < 4.78 is 10.4. The zero-order valence-corrected chi connectivity index (χ0v) is 19.7. The molecule has 1 heterocycles. The number of nitrogens with zero attached hydrogens (tertiary/aromatic N) is 1. The third kappa shape index (κ3) is 5.77. The monoisotopic (exact) mass is 474 g/mol. The molecule has 1 N–H and O–H groups in total. The van der Waals surface area contributed by atoms with Crippen molar-refractivity contribution in [1.82, 2.24) is 0 Å². The van der Waals surface area contributed by atoms with Crippen LogP contribution in [0.1, 0.15) is 43.6 Å². The maximum atomic E-state index is 12.8. The van der Waals surface area contributed by atoms with Gasteiger partial charge in [0.15, 0.2) is 0 Å². The third-order valence-electron chi connectivity index (χ3n) is 4.87. The lowest BCUT2D eigenvalue weighted by Crippen LogP contribution is -2.16. The fourth-order valence-corrected chi connectivity index (χ4v) is 4.07. The Morgan fingerprint density at radius 1 is 1.03 bits per heavy atom. The van der Waals surface area contributed by atoms with Crippen molar-refractivity contribution in [2.24, 2.45) is 0 Å². The second-order valence-electron chi connectivity index (χ2n) is 7.16. The van der Waals surface area contributed by atoms with Crippen molar-refractivity contribution in [2.75, 3.05) is 11.9 Å². The number of carbonyl (C=O) groups is 3. The van der Waals surface area contributed by atoms with Crippen molar-refractivity contribution in [3.63, 3.8) is 0 Å². The van der Waals surface area contributed by atoms with E-state index in [1.54, 1.807) is 68.4 Å². The number of anilines is 1. The van der Waals surface area contributed by atoms with Crippen LogP contribution in [0.15, 0.2) is 60.2 Å². The van der Waals surface area contributed by atoms with E-state index < -0.39 is 17.8 Å². The summed E-state index contributed by atoms with van der Waals surface area (Å²) in [6, 6.07) is 16.9. The number of thiophene rings is 1. The first kappa shape index (κ1) is 24.4. The summed E-state index contributed by atoms with van der Waals surface area (Å²) in [5.41, 5.74) is 1.86. The highest BCUT2D eigenvalue weighted by molar-refractivity contribution is 7.16. The number of nitrogens with one attached hydrogen (secondary N) is 1. The average molecular weight is 475 g/mol. The van der Waals surface area contributed by atoms with Crippen LogP contribution in [0, 0.1) is 25.2 Å². The summed E-state index contributed by atoms with van der Waals surface area (Å²) in [5.74, 6) is -1.32. The van der Waals surface area contributed by atoms with E-state index >= 15 is 0 Å². The summed E-state index contributed by atoms with van der Waals surface area (Å²) in [7, 11) is 0. The molecule has 0 unspecified atom stereocenters. The number of nitriles is 1. The number of ether oxygens (including phenoxy) is 2. The molecule has 3 aromatic rings. The standard InChI is InChI=1S/C26H22N2O5S/c1-4-32-26(31)22-16(2)17(3)34-24(22)28-23(29)20(15-27)14-18-10-12-21(13-11-18)33-25(30)19-8-6-5-7-9-19/h5-14H,4H2,1-3H3,(H,28,29). The minimum Gasteiger partial charge on any atom is -0.462 e. The van der Waals surface area contributed by atoms with E-state index in [0.717, 1.165) is 10.4 Å². The van der Waals surface area contributed by atoms with Gasteiger partial charge in [-0.15, -0.1) is 11.3 Å². The molecule has 0 saturated carbocycles. The summed E-state index contributed by atoms with van der Waals surface area (Å²) in [4.78, 5) is 38.1. The minimum absolute atomic E-state index is 0.146. The fraction of sp³-hybridized carbons (Fsp3) is 0.154. The lowest BCUT2D eigenvalue weighted by molar-refractivity contribution is -0.112. The van der Waals surface area contributed by atoms with Crippen molar-refractivity contribution >= 4 is 40.3 Å². The van der Waals surface area contributed by atoms with Crippen LogP contribution in [0.25, 0.3) is 6.08 Å². The van der Waals surface area contributed by atoms with Crippen LogP contribution in [0.3, 0.4) is 0 Å². The predicted molar refractivity (Wildman–Crippen MR) is 130 cm³/mol. The number of aryl methyl sites for hydroxylation is 1. The van der Waals surface area contributed by atoms with Crippen LogP contribution in [0.2, 0.25) is 0 Å². The second kappa shape index (κ2) is 11.1. The normalized spacial score (nSPS) is 10.8. The van der Waals surface area contributed by atoms with Gasteiger partial charge in [-0.3, -0.25) is 4.79 Å². The molecule has 0 aliphatic carbocycles. The predicted octanol–water partition coefficient (Wildman–Crippen LogP) is 5.31. The molecule has 0 atom stereocenters. The zero-order chi connectivity index (χ0) is 24.7. The van der Waals surface area contributed by atoms with E-state index in [4.69, 9.17) is 9.47 Å². The zero-order valence-electron chi connectivity index (χ0n) is 18.9. The molecule has 3 rings (SSSR count). The Labute approximate surface area is 201 Å². The third-order valence-corrected chi connectivity index (χ3v) is 5.99. The topological polar surface area (TPSA) is 105 Å². The Morgan fingerprint density at radius 2 is 1.71 bits per heavy atom. The molecular weight excluding hydrogens is 452 g/mol. The molecule has 0 aliphatic heterocycles.